The van der Waals surface area contributed by atoms with Crippen LogP contribution in [0.4, 0.5) is 4.39 Å². The molecule has 2 heterocycles. The van der Waals surface area contributed by atoms with Gasteiger partial charge in [0.2, 0.25) is 0 Å². The maximum absolute atomic E-state index is 13.2. The zero-order valence-electron chi connectivity index (χ0n) is 12.2. The second-order valence-corrected chi connectivity index (χ2v) is 6.39. The molecule has 1 unspecified atom stereocenters. The van der Waals surface area contributed by atoms with Gasteiger partial charge < -0.3 is 10.1 Å². The summed E-state index contributed by atoms with van der Waals surface area (Å²) in [5, 5.41) is 3.86. The number of benzene rings is 1. The first-order valence-electron chi connectivity index (χ1n) is 7.72. The fraction of sp³-hybridized carbons (Fsp3) is 0.625. The number of hydrogen-bond donors (Lipinski definition) is 1. The van der Waals surface area contributed by atoms with Gasteiger partial charge in [-0.1, -0.05) is 17.7 Å². The lowest BCUT2D eigenvalue weighted by atomic mass is 9.97. The molecule has 0 radical (unpaired) electrons. The van der Waals surface area contributed by atoms with E-state index in [1.165, 1.54) is 25.0 Å². The van der Waals surface area contributed by atoms with Crippen molar-refractivity contribution in [3.8, 4) is 0 Å². The Balaban J connectivity index is 1.62. The van der Waals surface area contributed by atoms with E-state index >= 15 is 0 Å². The lowest BCUT2D eigenvalue weighted by Gasteiger charge is -2.36. The molecule has 1 aromatic rings. The van der Waals surface area contributed by atoms with Crippen molar-refractivity contribution in [3.63, 3.8) is 0 Å². The summed E-state index contributed by atoms with van der Waals surface area (Å²) in [4.78, 5) is 2.46. The highest BCUT2D eigenvalue weighted by Crippen LogP contribution is 2.29. The Morgan fingerprint density at radius 3 is 2.90 bits per heavy atom. The summed E-state index contributed by atoms with van der Waals surface area (Å²) >= 11 is 6.16. The zero-order valence-corrected chi connectivity index (χ0v) is 12.9. The van der Waals surface area contributed by atoms with Crippen LogP contribution in [-0.4, -0.2) is 44.2 Å². The molecule has 0 aliphatic carbocycles. The van der Waals surface area contributed by atoms with E-state index in [-0.39, 0.29) is 11.9 Å². The van der Waals surface area contributed by atoms with Crippen molar-refractivity contribution in [1.82, 2.24) is 10.2 Å². The molecule has 3 rings (SSSR count). The fourth-order valence-corrected chi connectivity index (χ4v) is 3.54. The molecular formula is C16H22ClFN2O. The third-order valence-electron chi connectivity index (χ3n) is 4.44. The number of nitrogens with zero attached hydrogens (tertiary/aromatic N) is 1. The Labute approximate surface area is 130 Å². The van der Waals surface area contributed by atoms with Crippen LogP contribution in [0.1, 0.15) is 24.5 Å². The smallest absolute Gasteiger partial charge is 0.124 e. The molecule has 2 aliphatic heterocycles. The predicted molar refractivity (Wildman–Crippen MR) is 82.1 cm³/mol. The molecule has 3 nitrogen and oxygen atoms in total. The average Bonchev–Trinajstić information content (AvgIpc) is 2.48. The predicted octanol–water partition coefficient (Wildman–Crippen LogP) is 2.85. The van der Waals surface area contributed by atoms with E-state index in [1.54, 1.807) is 6.07 Å². The standard InChI is InChI=1S/C16H22ClFN2O/c17-15-9-13(18)1-2-14(15)16-11-20(7-8-21-16)10-12-3-5-19-6-4-12/h1-2,9,12,16,19H,3-8,10-11H2. The van der Waals surface area contributed by atoms with Crippen molar-refractivity contribution in [2.75, 3.05) is 39.3 Å². The summed E-state index contributed by atoms with van der Waals surface area (Å²) < 4.78 is 19.0. The number of piperidine rings is 1. The molecule has 21 heavy (non-hydrogen) atoms. The molecule has 1 atom stereocenters. The SMILES string of the molecule is Fc1ccc(C2CN(CC3CCNCC3)CCO2)c(Cl)c1. The van der Waals surface area contributed by atoms with Crippen molar-refractivity contribution in [2.24, 2.45) is 5.92 Å². The molecule has 0 aromatic heterocycles. The molecule has 2 saturated heterocycles. The Kier molecular flexibility index (Phi) is 5.11. The van der Waals surface area contributed by atoms with Gasteiger partial charge in [0.15, 0.2) is 0 Å². The van der Waals surface area contributed by atoms with E-state index in [2.05, 4.69) is 10.2 Å². The lowest BCUT2D eigenvalue weighted by molar-refractivity contribution is -0.0356. The zero-order chi connectivity index (χ0) is 14.7. The minimum Gasteiger partial charge on any atom is -0.371 e. The Morgan fingerprint density at radius 2 is 2.14 bits per heavy atom. The minimum atomic E-state index is -0.300. The van der Waals surface area contributed by atoms with Gasteiger partial charge in [0, 0.05) is 30.2 Å². The van der Waals surface area contributed by atoms with Crippen molar-refractivity contribution in [1.29, 1.82) is 0 Å². The first-order chi connectivity index (χ1) is 10.2. The molecular weight excluding hydrogens is 291 g/mol. The monoisotopic (exact) mass is 312 g/mol. The quantitative estimate of drug-likeness (QED) is 0.929. The van der Waals surface area contributed by atoms with Gasteiger partial charge in [0.25, 0.3) is 0 Å². The summed E-state index contributed by atoms with van der Waals surface area (Å²) in [6.45, 7) is 5.91. The van der Waals surface area contributed by atoms with Crippen molar-refractivity contribution in [3.05, 3.63) is 34.6 Å². The van der Waals surface area contributed by atoms with Crippen molar-refractivity contribution < 1.29 is 9.13 Å². The lowest BCUT2D eigenvalue weighted by Crippen LogP contribution is -2.43. The largest absolute Gasteiger partial charge is 0.371 e. The highest BCUT2D eigenvalue weighted by molar-refractivity contribution is 6.31. The molecule has 1 aromatic carbocycles. The Hall–Kier alpha value is -0.680. The molecule has 0 saturated carbocycles. The normalized spacial score (nSPS) is 25.1. The molecule has 0 bridgehead atoms. The highest BCUT2D eigenvalue weighted by atomic mass is 35.5. The second-order valence-electron chi connectivity index (χ2n) is 5.98. The number of morpholine rings is 1. The molecule has 2 aliphatic rings. The number of halogens is 2. The number of rotatable bonds is 3. The van der Waals surface area contributed by atoms with Gasteiger partial charge in [-0.15, -0.1) is 0 Å². The third kappa shape index (κ3) is 3.95. The first-order valence-corrected chi connectivity index (χ1v) is 8.10. The van der Waals surface area contributed by atoms with Gasteiger partial charge in [-0.2, -0.15) is 0 Å². The van der Waals surface area contributed by atoms with Crippen molar-refractivity contribution >= 4 is 11.6 Å². The number of hydrogen-bond acceptors (Lipinski definition) is 3. The summed E-state index contributed by atoms with van der Waals surface area (Å²) in [5.41, 5.74) is 0.896. The molecule has 0 amide bonds. The molecule has 116 valence electrons. The van der Waals surface area contributed by atoms with Crippen LogP contribution >= 0.6 is 11.6 Å². The van der Waals surface area contributed by atoms with Gasteiger partial charge in [0.1, 0.15) is 5.82 Å². The van der Waals surface area contributed by atoms with Crippen LogP contribution in [0.5, 0.6) is 0 Å². The van der Waals surface area contributed by atoms with E-state index in [1.807, 2.05) is 0 Å². The van der Waals surface area contributed by atoms with Gasteiger partial charge in [-0.05, 0) is 44.0 Å². The van der Waals surface area contributed by atoms with Crippen LogP contribution in [0, 0.1) is 11.7 Å². The topological polar surface area (TPSA) is 24.5 Å². The van der Waals surface area contributed by atoms with E-state index in [0.29, 0.717) is 11.6 Å². The highest BCUT2D eigenvalue weighted by Gasteiger charge is 2.26. The van der Waals surface area contributed by atoms with Crippen molar-refractivity contribution in [2.45, 2.75) is 18.9 Å². The third-order valence-corrected chi connectivity index (χ3v) is 4.76. The molecule has 2 fully saturated rings. The van der Waals surface area contributed by atoms with E-state index in [4.69, 9.17) is 16.3 Å². The van der Waals surface area contributed by atoms with Crippen LogP contribution in [0.2, 0.25) is 5.02 Å². The fourth-order valence-electron chi connectivity index (χ4n) is 3.25. The van der Waals surface area contributed by atoms with Crippen LogP contribution in [-0.2, 0) is 4.74 Å². The maximum Gasteiger partial charge on any atom is 0.124 e. The minimum absolute atomic E-state index is 0.0476. The first kappa shape index (κ1) is 15.2. The average molecular weight is 313 g/mol. The van der Waals surface area contributed by atoms with E-state index in [0.717, 1.165) is 44.2 Å². The van der Waals surface area contributed by atoms with Crippen LogP contribution < -0.4 is 5.32 Å². The molecule has 5 heteroatoms. The molecule has 1 N–H and O–H groups in total. The van der Waals surface area contributed by atoms with Gasteiger partial charge in [0.05, 0.1) is 12.7 Å². The summed E-state index contributed by atoms with van der Waals surface area (Å²) in [7, 11) is 0. The van der Waals surface area contributed by atoms with Crippen LogP contribution in [0.3, 0.4) is 0 Å². The second kappa shape index (κ2) is 7.05. The summed E-state index contributed by atoms with van der Waals surface area (Å²) in [5.74, 6) is 0.472. The van der Waals surface area contributed by atoms with E-state index in [9.17, 15) is 4.39 Å². The van der Waals surface area contributed by atoms with Gasteiger partial charge in [-0.25, -0.2) is 4.39 Å². The van der Waals surface area contributed by atoms with Gasteiger partial charge in [-0.3, -0.25) is 4.90 Å². The van der Waals surface area contributed by atoms with Crippen LogP contribution in [0.25, 0.3) is 0 Å². The van der Waals surface area contributed by atoms with E-state index < -0.39 is 0 Å². The molecule has 0 spiro atoms. The number of nitrogens with one attached hydrogen (secondary N) is 1. The van der Waals surface area contributed by atoms with Gasteiger partial charge >= 0.3 is 0 Å². The Morgan fingerprint density at radius 1 is 1.33 bits per heavy atom. The maximum atomic E-state index is 13.2. The number of ether oxygens (including phenoxy) is 1. The summed E-state index contributed by atoms with van der Waals surface area (Å²) in [6.07, 6.45) is 2.45. The van der Waals surface area contributed by atoms with Crippen LogP contribution in [0.15, 0.2) is 18.2 Å². The Bertz CT molecular complexity index is 479. The summed E-state index contributed by atoms with van der Waals surface area (Å²) in [6, 6.07) is 4.57.